The van der Waals surface area contributed by atoms with Crippen molar-refractivity contribution < 1.29 is 13.2 Å². The van der Waals surface area contributed by atoms with Crippen molar-refractivity contribution in [1.29, 1.82) is 0 Å². The lowest BCUT2D eigenvalue weighted by Gasteiger charge is -2.24. The largest absolute Gasteiger partial charge is 0.335 e. The topological polar surface area (TPSA) is 98.3 Å². The van der Waals surface area contributed by atoms with Crippen LogP contribution in [0.3, 0.4) is 0 Å². The molecule has 0 saturated carbocycles. The molecule has 128 valence electrons. The van der Waals surface area contributed by atoms with Gasteiger partial charge in [0.25, 0.3) is 0 Å². The maximum Gasteiger partial charge on any atom is 0.238 e. The second-order valence-corrected chi connectivity index (χ2v) is 7.62. The van der Waals surface area contributed by atoms with Gasteiger partial charge in [0.05, 0.1) is 23.6 Å². The summed E-state index contributed by atoms with van der Waals surface area (Å²) in [6.07, 6.45) is 5.88. The van der Waals surface area contributed by atoms with Gasteiger partial charge in [-0.3, -0.25) is 9.48 Å². The Morgan fingerprint density at radius 2 is 2.04 bits per heavy atom. The third kappa shape index (κ3) is 3.49. The zero-order chi connectivity index (χ0) is 17.3. The van der Waals surface area contributed by atoms with Gasteiger partial charge in [0.1, 0.15) is 0 Å². The van der Waals surface area contributed by atoms with Crippen LogP contribution in [0.5, 0.6) is 0 Å². The van der Waals surface area contributed by atoms with Crippen molar-refractivity contribution in [2.75, 3.05) is 6.54 Å². The molecule has 1 fully saturated rings. The average molecular weight is 348 g/mol. The molecule has 2 aromatic rings. The van der Waals surface area contributed by atoms with Gasteiger partial charge in [0, 0.05) is 25.4 Å². The Morgan fingerprint density at radius 1 is 1.33 bits per heavy atom. The molecule has 8 heteroatoms. The number of likely N-dealkylation sites (tertiary alicyclic amines) is 1. The van der Waals surface area contributed by atoms with Crippen LogP contribution in [0.4, 0.5) is 0 Å². The highest BCUT2D eigenvalue weighted by Gasteiger charge is 2.30. The summed E-state index contributed by atoms with van der Waals surface area (Å²) in [6, 6.07) is 6.19. The first-order valence-corrected chi connectivity index (χ1v) is 9.29. The lowest BCUT2D eigenvalue weighted by molar-refractivity contribution is -0.131. The van der Waals surface area contributed by atoms with Crippen LogP contribution >= 0.6 is 0 Å². The fourth-order valence-corrected chi connectivity index (χ4v) is 3.61. The average Bonchev–Trinajstić information content (AvgIpc) is 3.15. The predicted molar refractivity (Wildman–Crippen MR) is 88.4 cm³/mol. The maximum absolute atomic E-state index is 12.6. The van der Waals surface area contributed by atoms with E-state index in [0.717, 1.165) is 30.5 Å². The molecule has 1 aromatic heterocycles. The minimum absolute atomic E-state index is 0.0321. The van der Waals surface area contributed by atoms with Crippen LogP contribution in [0.1, 0.15) is 30.0 Å². The molecule has 3 rings (SSSR count). The summed E-state index contributed by atoms with van der Waals surface area (Å²) < 4.78 is 24.3. The number of hydrogen-bond acceptors (Lipinski definition) is 4. The van der Waals surface area contributed by atoms with Crippen LogP contribution < -0.4 is 5.14 Å². The summed E-state index contributed by atoms with van der Waals surface area (Å²) in [5, 5.41) is 9.26. The Kier molecular flexibility index (Phi) is 4.42. The molecule has 0 bridgehead atoms. The minimum Gasteiger partial charge on any atom is -0.335 e. The summed E-state index contributed by atoms with van der Waals surface area (Å²) >= 11 is 0. The molecule has 1 aromatic carbocycles. The number of nitrogens with two attached hydrogens (primary N) is 1. The van der Waals surface area contributed by atoms with Gasteiger partial charge >= 0.3 is 0 Å². The SMILES string of the molecule is Cn1cc([C@@H]2CCCN2C(=O)Cc2ccc(S(N)(=O)=O)cc2)cn1. The summed E-state index contributed by atoms with van der Waals surface area (Å²) in [6.45, 7) is 0.730. The van der Waals surface area contributed by atoms with Crippen LogP contribution in [-0.2, 0) is 28.3 Å². The third-order valence-corrected chi connectivity index (χ3v) is 5.22. The maximum atomic E-state index is 12.6. The number of rotatable bonds is 4. The number of nitrogens with zero attached hydrogens (tertiary/aromatic N) is 3. The molecule has 0 spiro atoms. The standard InChI is InChI=1S/C16H20N4O3S/c1-19-11-13(10-18-19)15-3-2-8-20(15)16(21)9-12-4-6-14(7-5-12)24(17,22)23/h4-7,10-11,15H,2-3,8-9H2,1H3,(H2,17,22,23)/t15-/m0/s1. The molecule has 0 unspecified atom stereocenters. The number of sulfonamides is 1. The Balaban J connectivity index is 1.72. The Bertz CT molecular complexity index is 842. The highest BCUT2D eigenvalue weighted by molar-refractivity contribution is 7.89. The van der Waals surface area contributed by atoms with E-state index in [1.54, 1.807) is 23.0 Å². The minimum atomic E-state index is -3.71. The number of aryl methyl sites for hydroxylation is 1. The van der Waals surface area contributed by atoms with Crippen LogP contribution in [0, 0.1) is 0 Å². The zero-order valence-corrected chi connectivity index (χ0v) is 14.2. The van der Waals surface area contributed by atoms with E-state index in [0.29, 0.717) is 0 Å². The highest BCUT2D eigenvalue weighted by atomic mass is 32.2. The number of aromatic nitrogens is 2. The molecule has 2 heterocycles. The molecule has 1 aliphatic rings. The van der Waals surface area contributed by atoms with Gasteiger partial charge in [-0.15, -0.1) is 0 Å². The van der Waals surface area contributed by atoms with Crippen LogP contribution in [0.15, 0.2) is 41.6 Å². The lowest BCUT2D eigenvalue weighted by Crippen LogP contribution is -2.31. The molecule has 1 atom stereocenters. The Labute approximate surface area is 141 Å². The van der Waals surface area contributed by atoms with Gasteiger partial charge in [-0.25, -0.2) is 13.6 Å². The van der Waals surface area contributed by atoms with E-state index in [9.17, 15) is 13.2 Å². The van der Waals surface area contributed by atoms with E-state index in [1.165, 1.54) is 12.1 Å². The van der Waals surface area contributed by atoms with Crippen LogP contribution in [0.25, 0.3) is 0 Å². The predicted octanol–water partition coefficient (Wildman–Crippen LogP) is 0.974. The summed E-state index contributed by atoms with van der Waals surface area (Å²) in [5.74, 6) is 0.0321. The first kappa shape index (κ1) is 16.7. The van der Waals surface area contributed by atoms with Gasteiger partial charge in [0.2, 0.25) is 15.9 Å². The van der Waals surface area contributed by atoms with Gasteiger partial charge in [-0.2, -0.15) is 5.10 Å². The second-order valence-electron chi connectivity index (χ2n) is 6.06. The first-order valence-electron chi connectivity index (χ1n) is 7.74. The van der Waals surface area contributed by atoms with Crippen molar-refractivity contribution >= 4 is 15.9 Å². The van der Waals surface area contributed by atoms with E-state index >= 15 is 0 Å². The van der Waals surface area contributed by atoms with E-state index in [1.807, 2.05) is 18.1 Å². The molecular weight excluding hydrogens is 328 g/mol. The molecule has 0 radical (unpaired) electrons. The fraction of sp³-hybridized carbons (Fsp3) is 0.375. The summed E-state index contributed by atoms with van der Waals surface area (Å²) in [5.41, 5.74) is 1.82. The normalized spacial score (nSPS) is 18.1. The van der Waals surface area contributed by atoms with E-state index < -0.39 is 10.0 Å². The molecule has 1 aliphatic heterocycles. The molecule has 24 heavy (non-hydrogen) atoms. The molecule has 1 amide bonds. The van der Waals surface area contributed by atoms with Crippen molar-refractivity contribution in [3.8, 4) is 0 Å². The van der Waals surface area contributed by atoms with Crippen LogP contribution in [0.2, 0.25) is 0 Å². The van der Waals surface area contributed by atoms with Crippen molar-refractivity contribution in [2.45, 2.75) is 30.2 Å². The van der Waals surface area contributed by atoms with Gasteiger partial charge in [-0.05, 0) is 30.5 Å². The number of carbonyl (C=O) groups excluding carboxylic acids is 1. The molecule has 7 nitrogen and oxygen atoms in total. The molecule has 2 N–H and O–H groups in total. The quantitative estimate of drug-likeness (QED) is 0.890. The third-order valence-electron chi connectivity index (χ3n) is 4.29. The van der Waals surface area contributed by atoms with Gasteiger partial charge in [0.15, 0.2) is 0 Å². The second kappa shape index (κ2) is 6.37. The van der Waals surface area contributed by atoms with E-state index in [-0.39, 0.29) is 23.3 Å². The van der Waals surface area contributed by atoms with E-state index in [2.05, 4.69) is 5.10 Å². The van der Waals surface area contributed by atoms with Gasteiger partial charge in [-0.1, -0.05) is 12.1 Å². The number of amides is 1. The van der Waals surface area contributed by atoms with Crippen molar-refractivity contribution in [3.63, 3.8) is 0 Å². The molecular formula is C16H20N4O3S. The van der Waals surface area contributed by atoms with Crippen molar-refractivity contribution in [1.82, 2.24) is 14.7 Å². The number of hydrogen-bond donors (Lipinski definition) is 1. The summed E-state index contributed by atoms with van der Waals surface area (Å²) in [7, 11) is -1.85. The summed E-state index contributed by atoms with van der Waals surface area (Å²) in [4.78, 5) is 14.6. The smallest absolute Gasteiger partial charge is 0.238 e. The van der Waals surface area contributed by atoms with Gasteiger partial charge < -0.3 is 4.90 Å². The monoisotopic (exact) mass is 348 g/mol. The number of carbonyl (C=O) groups is 1. The Hall–Kier alpha value is -2.19. The van der Waals surface area contributed by atoms with Crippen LogP contribution in [-0.4, -0.2) is 35.6 Å². The number of primary sulfonamides is 1. The van der Waals surface area contributed by atoms with Crippen molar-refractivity contribution in [2.24, 2.45) is 12.2 Å². The Morgan fingerprint density at radius 3 is 2.62 bits per heavy atom. The lowest BCUT2D eigenvalue weighted by atomic mass is 10.1. The fourth-order valence-electron chi connectivity index (χ4n) is 3.10. The van der Waals surface area contributed by atoms with E-state index in [4.69, 9.17) is 5.14 Å². The molecule has 1 saturated heterocycles. The number of benzene rings is 1. The van der Waals surface area contributed by atoms with Crippen molar-refractivity contribution in [3.05, 3.63) is 47.8 Å². The first-order chi connectivity index (χ1) is 11.3. The molecule has 0 aliphatic carbocycles. The zero-order valence-electron chi connectivity index (χ0n) is 13.4. The highest BCUT2D eigenvalue weighted by Crippen LogP contribution is 2.32.